The summed E-state index contributed by atoms with van der Waals surface area (Å²) in [5, 5.41) is 5.17. The summed E-state index contributed by atoms with van der Waals surface area (Å²) in [6.45, 7) is 2.15. The zero-order chi connectivity index (χ0) is 16.7. The largest absolute Gasteiger partial charge is 0.318 e. The first-order valence-electron chi connectivity index (χ1n) is 7.56. The van der Waals surface area contributed by atoms with Crippen LogP contribution in [0.15, 0.2) is 53.0 Å². The van der Waals surface area contributed by atoms with Crippen molar-refractivity contribution in [3.8, 4) is 0 Å². The Morgan fingerprint density at radius 2 is 1.61 bits per heavy atom. The van der Waals surface area contributed by atoms with Crippen molar-refractivity contribution in [2.45, 2.75) is 26.2 Å². The molecule has 0 aliphatic rings. The van der Waals surface area contributed by atoms with E-state index in [1.807, 2.05) is 30.3 Å². The second kappa shape index (κ2) is 8.48. The van der Waals surface area contributed by atoms with Crippen LogP contribution in [0.4, 0.5) is 11.4 Å². The molecular formula is C18H19BrN2O2. The van der Waals surface area contributed by atoms with Gasteiger partial charge in [-0.15, -0.1) is 0 Å². The third-order valence-corrected chi connectivity index (χ3v) is 4.05. The Morgan fingerprint density at radius 3 is 2.26 bits per heavy atom. The number of para-hydroxylation sites is 1. The Morgan fingerprint density at radius 1 is 0.957 bits per heavy atom. The summed E-state index contributed by atoms with van der Waals surface area (Å²) in [7, 11) is 0. The summed E-state index contributed by atoms with van der Waals surface area (Å²) in [6.07, 6.45) is 3.31. The van der Waals surface area contributed by atoms with Crippen LogP contribution in [0.1, 0.15) is 25.3 Å². The average molecular weight is 375 g/mol. The molecule has 0 atom stereocenters. The summed E-state index contributed by atoms with van der Waals surface area (Å²) < 4.78 is 0.724. The molecule has 23 heavy (non-hydrogen) atoms. The topological polar surface area (TPSA) is 58.2 Å². The van der Waals surface area contributed by atoms with Crippen molar-refractivity contribution < 1.29 is 9.59 Å². The highest BCUT2D eigenvalue weighted by molar-refractivity contribution is 9.10. The Labute approximate surface area is 144 Å². The van der Waals surface area contributed by atoms with Crippen molar-refractivity contribution >= 4 is 39.1 Å². The molecule has 0 radical (unpaired) electrons. The molecule has 2 amide bonds. The van der Waals surface area contributed by atoms with Gasteiger partial charge in [0.25, 0.3) is 0 Å². The molecule has 0 unspecified atom stereocenters. The molecule has 0 spiro atoms. The molecule has 0 saturated carbocycles. The van der Waals surface area contributed by atoms with Gasteiger partial charge in [-0.05, 0) is 58.6 Å². The van der Waals surface area contributed by atoms with E-state index in [-0.39, 0.29) is 0 Å². The van der Waals surface area contributed by atoms with Crippen LogP contribution in [0.5, 0.6) is 0 Å². The van der Waals surface area contributed by atoms with Gasteiger partial charge < -0.3 is 10.6 Å². The zero-order valence-corrected chi connectivity index (χ0v) is 14.5. The maximum Gasteiger partial charge on any atom is 0.314 e. The second-order valence-corrected chi connectivity index (χ2v) is 6.04. The molecule has 2 rings (SSSR count). The van der Waals surface area contributed by atoms with E-state index in [2.05, 4.69) is 33.5 Å². The minimum atomic E-state index is -0.702. The Kier molecular flexibility index (Phi) is 6.35. The Hall–Kier alpha value is -2.14. The molecule has 4 nitrogen and oxygen atoms in total. The monoisotopic (exact) mass is 374 g/mol. The van der Waals surface area contributed by atoms with Crippen LogP contribution in [0.2, 0.25) is 0 Å². The molecule has 0 heterocycles. The first kappa shape index (κ1) is 17.2. The minimum Gasteiger partial charge on any atom is -0.318 e. The van der Waals surface area contributed by atoms with Gasteiger partial charge in [0.05, 0.1) is 5.69 Å². The molecule has 2 N–H and O–H groups in total. The first-order valence-corrected chi connectivity index (χ1v) is 8.35. The third-order valence-electron chi connectivity index (χ3n) is 3.36. The fraction of sp³-hybridized carbons (Fsp3) is 0.222. The van der Waals surface area contributed by atoms with Gasteiger partial charge in [0.15, 0.2) is 0 Å². The van der Waals surface area contributed by atoms with Crippen molar-refractivity contribution in [1.82, 2.24) is 0 Å². The van der Waals surface area contributed by atoms with Crippen LogP contribution >= 0.6 is 15.9 Å². The molecule has 5 heteroatoms. The number of halogens is 1. The van der Waals surface area contributed by atoms with Gasteiger partial charge in [0, 0.05) is 10.2 Å². The van der Waals surface area contributed by atoms with Crippen LogP contribution in [-0.4, -0.2) is 11.8 Å². The zero-order valence-electron chi connectivity index (χ0n) is 12.9. The van der Waals surface area contributed by atoms with Gasteiger partial charge in [0.1, 0.15) is 0 Å². The van der Waals surface area contributed by atoms with Crippen LogP contribution in [0.25, 0.3) is 0 Å². The lowest BCUT2D eigenvalue weighted by atomic mass is 10.1. The first-order chi connectivity index (χ1) is 11.1. The van der Waals surface area contributed by atoms with Gasteiger partial charge >= 0.3 is 11.8 Å². The van der Waals surface area contributed by atoms with Crippen molar-refractivity contribution in [3.63, 3.8) is 0 Å². The van der Waals surface area contributed by atoms with Crippen molar-refractivity contribution in [2.24, 2.45) is 0 Å². The summed E-state index contributed by atoms with van der Waals surface area (Å²) in [5.41, 5.74) is 2.39. The number of rotatable bonds is 5. The quantitative estimate of drug-likeness (QED) is 0.763. The summed E-state index contributed by atoms with van der Waals surface area (Å²) >= 11 is 3.32. The number of hydrogen-bond donors (Lipinski definition) is 2. The summed E-state index contributed by atoms with van der Waals surface area (Å²) in [5.74, 6) is -1.39. The predicted molar refractivity (Wildman–Crippen MR) is 96.5 cm³/mol. The lowest BCUT2D eigenvalue weighted by Gasteiger charge is -2.08. The Bertz CT molecular complexity index is 684. The van der Waals surface area contributed by atoms with E-state index in [9.17, 15) is 9.59 Å². The van der Waals surface area contributed by atoms with E-state index in [1.165, 1.54) is 5.56 Å². The maximum atomic E-state index is 11.9. The number of unbranched alkanes of at least 4 members (excludes halogenated alkanes) is 1. The van der Waals surface area contributed by atoms with E-state index < -0.39 is 11.8 Å². The number of hydrogen-bond acceptors (Lipinski definition) is 2. The average Bonchev–Trinajstić information content (AvgIpc) is 2.56. The molecule has 0 fully saturated rings. The van der Waals surface area contributed by atoms with Crippen LogP contribution in [0, 0.1) is 0 Å². The van der Waals surface area contributed by atoms with E-state index in [0.29, 0.717) is 11.4 Å². The summed E-state index contributed by atoms with van der Waals surface area (Å²) in [4.78, 5) is 23.9. The van der Waals surface area contributed by atoms with Gasteiger partial charge in [-0.3, -0.25) is 9.59 Å². The van der Waals surface area contributed by atoms with E-state index in [4.69, 9.17) is 0 Å². The van der Waals surface area contributed by atoms with E-state index in [1.54, 1.807) is 18.2 Å². The normalized spacial score (nSPS) is 10.2. The molecule has 0 aliphatic carbocycles. The van der Waals surface area contributed by atoms with Crippen molar-refractivity contribution in [2.75, 3.05) is 10.6 Å². The van der Waals surface area contributed by atoms with Gasteiger partial charge in [0.2, 0.25) is 0 Å². The van der Waals surface area contributed by atoms with E-state index >= 15 is 0 Å². The number of anilines is 2. The van der Waals surface area contributed by atoms with Crippen LogP contribution in [-0.2, 0) is 16.0 Å². The SMILES string of the molecule is CCCCc1ccc(NC(=O)C(=O)Nc2ccccc2Br)cc1. The van der Waals surface area contributed by atoms with Gasteiger partial charge in [-0.1, -0.05) is 37.6 Å². The third kappa shape index (κ3) is 5.21. The molecular weight excluding hydrogens is 356 g/mol. The summed E-state index contributed by atoms with van der Waals surface area (Å²) in [6, 6.07) is 14.7. The highest BCUT2D eigenvalue weighted by Crippen LogP contribution is 2.21. The van der Waals surface area contributed by atoms with Crippen molar-refractivity contribution in [1.29, 1.82) is 0 Å². The number of aryl methyl sites for hydroxylation is 1. The molecule has 0 bridgehead atoms. The Balaban J connectivity index is 1.93. The molecule has 0 saturated heterocycles. The minimum absolute atomic E-state index is 0.558. The van der Waals surface area contributed by atoms with Gasteiger partial charge in [-0.2, -0.15) is 0 Å². The van der Waals surface area contributed by atoms with Crippen LogP contribution in [0.3, 0.4) is 0 Å². The lowest BCUT2D eigenvalue weighted by molar-refractivity contribution is -0.133. The number of carbonyl (C=O) groups excluding carboxylic acids is 2. The van der Waals surface area contributed by atoms with Crippen LogP contribution < -0.4 is 10.6 Å². The second-order valence-electron chi connectivity index (χ2n) is 5.19. The predicted octanol–water partition coefficient (Wildman–Crippen LogP) is 4.37. The van der Waals surface area contributed by atoms with E-state index in [0.717, 1.165) is 23.7 Å². The van der Waals surface area contributed by atoms with Gasteiger partial charge in [-0.25, -0.2) is 0 Å². The molecule has 2 aromatic carbocycles. The number of benzene rings is 2. The highest BCUT2D eigenvalue weighted by atomic mass is 79.9. The fourth-order valence-electron chi connectivity index (χ4n) is 2.07. The smallest absolute Gasteiger partial charge is 0.314 e. The number of nitrogens with one attached hydrogen (secondary N) is 2. The number of carbonyl (C=O) groups is 2. The molecule has 0 aliphatic heterocycles. The van der Waals surface area contributed by atoms with Crippen molar-refractivity contribution in [3.05, 3.63) is 58.6 Å². The molecule has 120 valence electrons. The lowest BCUT2D eigenvalue weighted by Crippen LogP contribution is -2.29. The standard InChI is InChI=1S/C18H19BrN2O2/c1-2-3-6-13-9-11-14(12-10-13)20-17(22)18(23)21-16-8-5-4-7-15(16)19/h4-5,7-12H,2-3,6H2,1H3,(H,20,22)(H,21,23). The maximum absolute atomic E-state index is 11.9. The number of amides is 2. The molecule has 0 aromatic heterocycles. The molecule has 2 aromatic rings. The fourth-order valence-corrected chi connectivity index (χ4v) is 2.45. The highest BCUT2D eigenvalue weighted by Gasteiger charge is 2.15.